The maximum absolute atomic E-state index is 12.2. The Morgan fingerprint density at radius 1 is 1.00 bits per heavy atom. The molecule has 3 aromatic heterocycles. The van der Waals surface area contributed by atoms with E-state index in [1.54, 1.807) is 29.3 Å². The average molecular weight is 399 g/mol. The number of carbonyl (C=O) groups is 1. The number of benzene rings is 1. The standard InChI is InChI=1S/C22H21N7O/c1-29-20(12-14-25-29)28-22-23-13-11-18(26-22)17-8-9-19(24-15-17)27-21(30)10-7-16-5-3-2-4-6-16/h2-6,8-9,11-15H,7,10H2,1H3,(H,23,26,28)(H,24,27,30). The first-order chi connectivity index (χ1) is 14.7. The summed E-state index contributed by atoms with van der Waals surface area (Å²) in [6, 6.07) is 17.2. The smallest absolute Gasteiger partial charge is 0.228 e. The van der Waals surface area contributed by atoms with E-state index in [-0.39, 0.29) is 5.91 Å². The summed E-state index contributed by atoms with van der Waals surface area (Å²) in [5.74, 6) is 1.70. The van der Waals surface area contributed by atoms with Crippen molar-refractivity contribution in [3.05, 3.63) is 78.8 Å². The number of hydrogen-bond donors (Lipinski definition) is 2. The lowest BCUT2D eigenvalue weighted by Gasteiger charge is -2.08. The highest BCUT2D eigenvalue weighted by atomic mass is 16.1. The van der Waals surface area contributed by atoms with Gasteiger partial charge in [-0.25, -0.2) is 15.0 Å². The minimum absolute atomic E-state index is 0.0659. The molecule has 0 aliphatic heterocycles. The Labute approximate surface area is 174 Å². The zero-order valence-electron chi connectivity index (χ0n) is 16.5. The van der Waals surface area contributed by atoms with Crippen molar-refractivity contribution in [3.8, 4) is 11.3 Å². The second kappa shape index (κ2) is 8.95. The number of carbonyl (C=O) groups excluding carboxylic acids is 1. The number of aryl methyl sites for hydroxylation is 2. The summed E-state index contributed by atoms with van der Waals surface area (Å²) in [6.45, 7) is 0. The molecule has 0 unspecified atom stereocenters. The molecule has 3 heterocycles. The summed E-state index contributed by atoms with van der Waals surface area (Å²) in [6.07, 6.45) is 6.16. The zero-order valence-corrected chi connectivity index (χ0v) is 16.5. The van der Waals surface area contributed by atoms with E-state index in [9.17, 15) is 4.79 Å². The van der Waals surface area contributed by atoms with E-state index in [0.717, 1.165) is 22.6 Å². The Morgan fingerprint density at radius 3 is 2.60 bits per heavy atom. The molecule has 4 aromatic rings. The molecule has 150 valence electrons. The van der Waals surface area contributed by atoms with Crippen LogP contribution in [-0.2, 0) is 18.3 Å². The molecule has 0 bridgehead atoms. The Hall–Kier alpha value is -4.07. The summed E-state index contributed by atoms with van der Waals surface area (Å²) in [5.41, 5.74) is 2.69. The van der Waals surface area contributed by atoms with E-state index < -0.39 is 0 Å². The maximum Gasteiger partial charge on any atom is 0.228 e. The topological polar surface area (TPSA) is 97.6 Å². The predicted octanol–water partition coefficient (Wildman–Crippen LogP) is 3.59. The molecule has 1 amide bonds. The van der Waals surface area contributed by atoms with Crippen molar-refractivity contribution in [1.82, 2.24) is 24.7 Å². The van der Waals surface area contributed by atoms with Crippen LogP contribution in [0.4, 0.5) is 17.6 Å². The molecule has 0 spiro atoms. The van der Waals surface area contributed by atoms with Crippen LogP contribution in [0.25, 0.3) is 11.3 Å². The molecule has 0 aliphatic carbocycles. The van der Waals surface area contributed by atoms with Gasteiger partial charge in [0.1, 0.15) is 11.6 Å². The number of aromatic nitrogens is 5. The SMILES string of the molecule is Cn1nccc1Nc1nccc(-c2ccc(NC(=O)CCc3ccccc3)nc2)n1. The largest absolute Gasteiger partial charge is 0.311 e. The average Bonchev–Trinajstić information content (AvgIpc) is 3.18. The highest BCUT2D eigenvalue weighted by molar-refractivity contribution is 5.90. The summed E-state index contributed by atoms with van der Waals surface area (Å²) < 4.78 is 1.70. The minimum atomic E-state index is -0.0659. The molecule has 4 rings (SSSR count). The van der Waals surface area contributed by atoms with Gasteiger partial charge in [-0.05, 0) is 30.2 Å². The van der Waals surface area contributed by atoms with Crippen molar-refractivity contribution in [2.75, 3.05) is 10.6 Å². The van der Waals surface area contributed by atoms with Crippen LogP contribution in [0.1, 0.15) is 12.0 Å². The Bertz CT molecular complexity index is 1120. The molecule has 0 saturated heterocycles. The predicted molar refractivity (Wildman–Crippen MR) is 115 cm³/mol. The lowest BCUT2D eigenvalue weighted by Crippen LogP contribution is -2.13. The first-order valence-corrected chi connectivity index (χ1v) is 9.56. The molecule has 0 saturated carbocycles. The first kappa shape index (κ1) is 19.3. The van der Waals surface area contributed by atoms with Crippen LogP contribution in [0.3, 0.4) is 0 Å². The number of rotatable bonds is 7. The van der Waals surface area contributed by atoms with Crippen LogP contribution in [0, 0.1) is 0 Å². The highest BCUT2D eigenvalue weighted by Crippen LogP contribution is 2.20. The second-order valence-corrected chi connectivity index (χ2v) is 6.70. The molecule has 8 heteroatoms. The molecule has 0 aliphatic rings. The van der Waals surface area contributed by atoms with E-state index in [1.165, 1.54) is 0 Å². The van der Waals surface area contributed by atoms with E-state index in [2.05, 4.69) is 30.7 Å². The number of anilines is 3. The van der Waals surface area contributed by atoms with E-state index >= 15 is 0 Å². The van der Waals surface area contributed by atoms with Crippen LogP contribution in [0.5, 0.6) is 0 Å². The molecular weight excluding hydrogens is 378 g/mol. The van der Waals surface area contributed by atoms with Gasteiger partial charge >= 0.3 is 0 Å². The monoisotopic (exact) mass is 399 g/mol. The summed E-state index contributed by atoms with van der Waals surface area (Å²) in [4.78, 5) is 25.3. The third-order valence-corrected chi connectivity index (χ3v) is 4.53. The Morgan fingerprint density at radius 2 is 1.87 bits per heavy atom. The Kier molecular flexibility index (Phi) is 5.75. The number of pyridine rings is 1. The number of amides is 1. The molecule has 0 fully saturated rings. The lowest BCUT2D eigenvalue weighted by atomic mass is 10.1. The quantitative estimate of drug-likeness (QED) is 0.493. The maximum atomic E-state index is 12.2. The van der Waals surface area contributed by atoms with Gasteiger partial charge in [0.25, 0.3) is 0 Å². The van der Waals surface area contributed by atoms with Crippen molar-refractivity contribution in [1.29, 1.82) is 0 Å². The van der Waals surface area contributed by atoms with Crippen LogP contribution in [-0.4, -0.2) is 30.6 Å². The van der Waals surface area contributed by atoms with Gasteiger partial charge in [0.2, 0.25) is 11.9 Å². The van der Waals surface area contributed by atoms with E-state index in [4.69, 9.17) is 0 Å². The van der Waals surface area contributed by atoms with Crippen molar-refractivity contribution < 1.29 is 4.79 Å². The summed E-state index contributed by atoms with van der Waals surface area (Å²) in [7, 11) is 1.84. The number of hydrogen-bond acceptors (Lipinski definition) is 6. The van der Waals surface area contributed by atoms with Gasteiger partial charge in [-0.1, -0.05) is 30.3 Å². The van der Waals surface area contributed by atoms with E-state index in [0.29, 0.717) is 24.6 Å². The lowest BCUT2D eigenvalue weighted by molar-refractivity contribution is -0.116. The third kappa shape index (κ3) is 4.85. The van der Waals surface area contributed by atoms with Crippen molar-refractivity contribution in [3.63, 3.8) is 0 Å². The van der Waals surface area contributed by atoms with Crippen molar-refractivity contribution in [2.24, 2.45) is 7.05 Å². The fourth-order valence-corrected chi connectivity index (χ4v) is 2.92. The molecule has 0 atom stereocenters. The van der Waals surface area contributed by atoms with Gasteiger partial charge in [-0.15, -0.1) is 0 Å². The van der Waals surface area contributed by atoms with Gasteiger partial charge in [-0.3, -0.25) is 9.48 Å². The van der Waals surface area contributed by atoms with Gasteiger partial charge in [0, 0.05) is 37.5 Å². The Balaban J connectivity index is 1.38. The van der Waals surface area contributed by atoms with Gasteiger partial charge in [-0.2, -0.15) is 5.10 Å². The third-order valence-electron chi connectivity index (χ3n) is 4.53. The summed E-state index contributed by atoms with van der Waals surface area (Å²) in [5, 5.41) is 10.1. The van der Waals surface area contributed by atoms with Crippen LogP contribution in [0.2, 0.25) is 0 Å². The molecule has 1 aromatic carbocycles. The fraction of sp³-hybridized carbons (Fsp3) is 0.136. The van der Waals surface area contributed by atoms with E-state index in [1.807, 2.05) is 55.6 Å². The number of nitrogens with one attached hydrogen (secondary N) is 2. The van der Waals surface area contributed by atoms with Crippen LogP contribution in [0.15, 0.2) is 73.2 Å². The van der Waals surface area contributed by atoms with Crippen molar-refractivity contribution in [2.45, 2.75) is 12.8 Å². The highest BCUT2D eigenvalue weighted by Gasteiger charge is 2.07. The van der Waals surface area contributed by atoms with Crippen LogP contribution < -0.4 is 10.6 Å². The van der Waals surface area contributed by atoms with Crippen LogP contribution >= 0.6 is 0 Å². The second-order valence-electron chi connectivity index (χ2n) is 6.70. The zero-order chi connectivity index (χ0) is 20.8. The molecule has 30 heavy (non-hydrogen) atoms. The normalized spacial score (nSPS) is 10.6. The fourth-order valence-electron chi connectivity index (χ4n) is 2.92. The molecule has 2 N–H and O–H groups in total. The minimum Gasteiger partial charge on any atom is -0.311 e. The number of nitrogens with zero attached hydrogens (tertiary/aromatic N) is 5. The van der Waals surface area contributed by atoms with Gasteiger partial charge in [0.05, 0.1) is 11.9 Å². The van der Waals surface area contributed by atoms with Gasteiger partial charge < -0.3 is 10.6 Å². The molecular formula is C22H21N7O. The first-order valence-electron chi connectivity index (χ1n) is 9.56. The molecule has 8 nitrogen and oxygen atoms in total. The van der Waals surface area contributed by atoms with Gasteiger partial charge in [0.15, 0.2) is 0 Å². The summed E-state index contributed by atoms with van der Waals surface area (Å²) >= 11 is 0. The molecule has 0 radical (unpaired) electrons. The van der Waals surface area contributed by atoms with Crippen molar-refractivity contribution >= 4 is 23.5 Å².